The molecule has 0 amide bonds. The van der Waals surface area contributed by atoms with Gasteiger partial charge in [0.05, 0.1) is 16.6 Å². The van der Waals surface area contributed by atoms with E-state index in [1.807, 2.05) is 44.2 Å². The van der Waals surface area contributed by atoms with E-state index < -0.39 is 0 Å². The van der Waals surface area contributed by atoms with Gasteiger partial charge in [-0.3, -0.25) is 4.99 Å². The number of benzene rings is 7. The molecule has 230 valence electrons. The SMILES string of the molecule is CC.Cc1c(C(=NC(C)c2ccccc2)c2ccccc2)sc2ccc(-c3cc4c5ccccc5c5ccccc5c4cc3F)cc12. The molecule has 8 rings (SSSR count). The number of fused-ring (bicyclic) bond motifs is 7. The van der Waals surface area contributed by atoms with Crippen LogP contribution in [0.25, 0.3) is 53.5 Å². The smallest absolute Gasteiger partial charge is 0.131 e. The predicted molar refractivity (Wildman–Crippen MR) is 203 cm³/mol. The van der Waals surface area contributed by atoms with Crippen molar-refractivity contribution in [3.05, 3.63) is 167 Å². The van der Waals surface area contributed by atoms with E-state index in [0.717, 1.165) is 59.6 Å². The Hall–Kier alpha value is -5.12. The first-order chi connectivity index (χ1) is 23.1. The Bertz CT molecular complexity index is 2400. The Balaban J connectivity index is 0.00000172. The van der Waals surface area contributed by atoms with Gasteiger partial charge in [-0.2, -0.15) is 0 Å². The van der Waals surface area contributed by atoms with E-state index in [0.29, 0.717) is 5.56 Å². The molecule has 0 spiro atoms. The molecule has 0 aliphatic heterocycles. The predicted octanol–water partition coefficient (Wildman–Crippen LogP) is 13.1. The fourth-order valence-corrected chi connectivity index (χ4v) is 7.83. The van der Waals surface area contributed by atoms with Crippen LogP contribution in [0.2, 0.25) is 0 Å². The van der Waals surface area contributed by atoms with Crippen LogP contribution in [0, 0.1) is 12.7 Å². The molecule has 1 unspecified atom stereocenters. The minimum Gasteiger partial charge on any atom is -0.275 e. The number of hydrogen-bond donors (Lipinski definition) is 0. The van der Waals surface area contributed by atoms with Crippen LogP contribution < -0.4 is 0 Å². The number of nitrogens with zero attached hydrogens (tertiary/aromatic N) is 1. The van der Waals surface area contributed by atoms with E-state index >= 15 is 4.39 Å². The number of thiophene rings is 1. The summed E-state index contributed by atoms with van der Waals surface area (Å²) in [5, 5.41) is 7.68. The van der Waals surface area contributed by atoms with Gasteiger partial charge in [-0.1, -0.05) is 129 Å². The van der Waals surface area contributed by atoms with Gasteiger partial charge in [0, 0.05) is 15.8 Å². The lowest BCUT2D eigenvalue weighted by atomic mass is 9.91. The van der Waals surface area contributed by atoms with E-state index in [1.54, 1.807) is 17.4 Å². The van der Waals surface area contributed by atoms with Gasteiger partial charge in [0.1, 0.15) is 5.82 Å². The number of rotatable bonds is 5. The van der Waals surface area contributed by atoms with Gasteiger partial charge < -0.3 is 0 Å². The maximum Gasteiger partial charge on any atom is 0.131 e. The zero-order valence-corrected chi connectivity index (χ0v) is 27.9. The highest BCUT2D eigenvalue weighted by atomic mass is 32.1. The standard InChI is InChI=1S/C42H30FNS.C2H6/c1-26-35-23-30(36-24-37-33-19-11-9-17-31(33)32-18-10-12-20-34(32)38(37)25-39(36)43)21-22-40(35)45-42(26)41(29-15-7-4-8-16-29)44-27(2)28-13-5-3-6-14-28;1-2/h3-25,27H,1-2H3;1-2H3. The summed E-state index contributed by atoms with van der Waals surface area (Å²) in [6, 6.07) is 47.7. The summed E-state index contributed by atoms with van der Waals surface area (Å²) >= 11 is 1.75. The third-order valence-electron chi connectivity index (χ3n) is 8.95. The van der Waals surface area contributed by atoms with Gasteiger partial charge in [0.25, 0.3) is 0 Å². The molecule has 1 heterocycles. The third-order valence-corrected chi connectivity index (χ3v) is 10.2. The second-order valence-corrected chi connectivity index (χ2v) is 12.7. The molecule has 0 aliphatic carbocycles. The van der Waals surface area contributed by atoms with Crippen molar-refractivity contribution in [2.45, 2.75) is 33.7 Å². The van der Waals surface area contributed by atoms with Gasteiger partial charge in [-0.05, 0) is 92.5 Å². The van der Waals surface area contributed by atoms with Crippen LogP contribution in [0.15, 0.2) is 145 Å². The zero-order valence-electron chi connectivity index (χ0n) is 27.1. The van der Waals surface area contributed by atoms with Crippen molar-refractivity contribution >= 4 is 59.5 Å². The maximum absolute atomic E-state index is 16.1. The Morgan fingerprint density at radius 2 is 1.13 bits per heavy atom. The Kier molecular flexibility index (Phi) is 8.41. The van der Waals surface area contributed by atoms with E-state index in [-0.39, 0.29) is 11.9 Å². The van der Waals surface area contributed by atoms with E-state index in [1.165, 1.54) is 15.6 Å². The molecule has 0 N–H and O–H groups in total. The van der Waals surface area contributed by atoms with Gasteiger partial charge in [0.15, 0.2) is 0 Å². The normalized spacial score (nSPS) is 12.4. The summed E-state index contributed by atoms with van der Waals surface area (Å²) in [6.07, 6.45) is 0. The summed E-state index contributed by atoms with van der Waals surface area (Å²) in [5.74, 6) is -0.210. The highest BCUT2D eigenvalue weighted by Gasteiger charge is 2.19. The van der Waals surface area contributed by atoms with Gasteiger partial charge >= 0.3 is 0 Å². The van der Waals surface area contributed by atoms with E-state index in [2.05, 4.69) is 117 Å². The third kappa shape index (κ3) is 5.51. The average Bonchev–Trinajstić information content (AvgIpc) is 3.46. The first-order valence-corrected chi connectivity index (χ1v) is 17.1. The van der Waals surface area contributed by atoms with Crippen molar-refractivity contribution in [2.75, 3.05) is 0 Å². The molecule has 3 heteroatoms. The van der Waals surface area contributed by atoms with Crippen molar-refractivity contribution in [1.29, 1.82) is 0 Å². The average molecular weight is 630 g/mol. The fourth-order valence-electron chi connectivity index (χ4n) is 6.62. The first kappa shape index (κ1) is 30.5. The minimum absolute atomic E-state index is 0.000760. The second-order valence-electron chi connectivity index (χ2n) is 11.7. The van der Waals surface area contributed by atoms with Gasteiger partial charge in [-0.25, -0.2) is 4.39 Å². The van der Waals surface area contributed by atoms with Crippen LogP contribution in [0.4, 0.5) is 4.39 Å². The van der Waals surface area contributed by atoms with Crippen molar-refractivity contribution in [3.8, 4) is 11.1 Å². The van der Waals surface area contributed by atoms with Crippen molar-refractivity contribution < 1.29 is 4.39 Å². The highest BCUT2D eigenvalue weighted by Crippen LogP contribution is 2.40. The fraction of sp³-hybridized carbons (Fsp3) is 0.114. The molecule has 47 heavy (non-hydrogen) atoms. The molecular weight excluding hydrogens is 594 g/mol. The van der Waals surface area contributed by atoms with Crippen molar-refractivity contribution in [3.63, 3.8) is 0 Å². The second kappa shape index (κ2) is 12.9. The maximum atomic E-state index is 16.1. The summed E-state index contributed by atoms with van der Waals surface area (Å²) in [6.45, 7) is 8.31. The molecule has 0 fully saturated rings. The summed E-state index contributed by atoms with van der Waals surface area (Å²) in [4.78, 5) is 6.44. The number of halogens is 1. The lowest BCUT2D eigenvalue weighted by Gasteiger charge is -2.13. The summed E-state index contributed by atoms with van der Waals surface area (Å²) in [5.41, 5.74) is 5.92. The number of aryl methyl sites for hydroxylation is 1. The molecule has 0 aliphatic rings. The molecule has 7 aromatic carbocycles. The molecule has 1 aromatic heterocycles. The van der Waals surface area contributed by atoms with E-state index in [9.17, 15) is 0 Å². The largest absolute Gasteiger partial charge is 0.275 e. The van der Waals surface area contributed by atoms with Gasteiger partial charge in [0.2, 0.25) is 0 Å². The summed E-state index contributed by atoms with van der Waals surface area (Å²) < 4.78 is 17.2. The minimum atomic E-state index is -0.210. The molecule has 0 radical (unpaired) electrons. The van der Waals surface area contributed by atoms with Crippen LogP contribution in [0.5, 0.6) is 0 Å². The Morgan fingerprint density at radius 1 is 0.596 bits per heavy atom. The molecule has 0 saturated carbocycles. The van der Waals surface area contributed by atoms with Crippen LogP contribution >= 0.6 is 11.3 Å². The molecule has 0 bridgehead atoms. The molecule has 1 atom stereocenters. The highest BCUT2D eigenvalue weighted by molar-refractivity contribution is 7.21. The molecule has 8 aromatic rings. The Labute approximate surface area is 279 Å². The lowest BCUT2D eigenvalue weighted by Crippen LogP contribution is -2.05. The van der Waals surface area contributed by atoms with Gasteiger partial charge in [-0.15, -0.1) is 11.3 Å². The molecule has 1 nitrogen and oxygen atoms in total. The quantitative estimate of drug-likeness (QED) is 0.133. The Morgan fingerprint density at radius 3 is 1.74 bits per heavy atom. The first-order valence-electron chi connectivity index (χ1n) is 16.3. The summed E-state index contributed by atoms with van der Waals surface area (Å²) in [7, 11) is 0. The topological polar surface area (TPSA) is 12.4 Å². The van der Waals surface area contributed by atoms with Crippen molar-refractivity contribution in [1.82, 2.24) is 0 Å². The van der Waals surface area contributed by atoms with Crippen LogP contribution in [0.1, 0.15) is 48.4 Å². The number of aliphatic imine (C=N–C) groups is 1. The van der Waals surface area contributed by atoms with Crippen LogP contribution in [-0.2, 0) is 0 Å². The lowest BCUT2D eigenvalue weighted by molar-refractivity contribution is 0.633. The molecule has 0 saturated heterocycles. The van der Waals surface area contributed by atoms with Crippen LogP contribution in [0.3, 0.4) is 0 Å². The van der Waals surface area contributed by atoms with E-state index in [4.69, 9.17) is 4.99 Å². The zero-order chi connectivity index (χ0) is 32.5. The number of hydrogen-bond acceptors (Lipinski definition) is 2. The van der Waals surface area contributed by atoms with Crippen LogP contribution in [-0.4, -0.2) is 5.71 Å². The monoisotopic (exact) mass is 629 g/mol. The van der Waals surface area contributed by atoms with Crippen molar-refractivity contribution in [2.24, 2.45) is 4.99 Å². The molecular formula is C44H36FNS.